The molecule has 26 heavy (non-hydrogen) atoms. The summed E-state index contributed by atoms with van der Waals surface area (Å²) in [6.45, 7) is 3.63. The third kappa shape index (κ3) is 6.41. The third-order valence-corrected chi connectivity index (χ3v) is 5.77. The maximum Gasteiger partial charge on any atom is 0.220 e. The first kappa shape index (κ1) is 23.2. The van der Waals surface area contributed by atoms with Gasteiger partial charge in [-0.3, -0.25) is 9.69 Å². The fraction of sp³-hybridized carbons (Fsp3) is 0.650. The van der Waals surface area contributed by atoms with Crippen LogP contribution in [0.15, 0.2) is 30.3 Å². The number of nitrogens with zero attached hydrogens (tertiary/aromatic N) is 1. The topological polar surface area (TPSA) is 58.4 Å². The number of amides is 1. The van der Waals surface area contributed by atoms with Crippen LogP contribution in [-0.2, 0) is 11.3 Å². The number of benzene rings is 1. The van der Waals surface area contributed by atoms with Crippen molar-refractivity contribution < 1.29 is 4.79 Å². The van der Waals surface area contributed by atoms with Gasteiger partial charge in [-0.15, -0.1) is 24.8 Å². The molecule has 0 bridgehead atoms. The van der Waals surface area contributed by atoms with Gasteiger partial charge in [-0.25, -0.2) is 0 Å². The van der Waals surface area contributed by atoms with E-state index in [0.717, 1.165) is 38.9 Å². The molecular weight excluding hydrogens is 369 g/mol. The Morgan fingerprint density at radius 2 is 1.85 bits per heavy atom. The van der Waals surface area contributed by atoms with Gasteiger partial charge < -0.3 is 11.1 Å². The molecule has 1 heterocycles. The number of carbonyl (C=O) groups excluding carboxylic acids is 1. The van der Waals surface area contributed by atoms with Crippen molar-refractivity contribution in [2.24, 2.45) is 11.1 Å². The molecule has 0 radical (unpaired) electrons. The van der Waals surface area contributed by atoms with E-state index in [0.29, 0.717) is 19.0 Å². The van der Waals surface area contributed by atoms with Gasteiger partial charge in [0, 0.05) is 32.1 Å². The summed E-state index contributed by atoms with van der Waals surface area (Å²) in [7, 11) is 0. The fourth-order valence-corrected chi connectivity index (χ4v) is 4.31. The molecule has 1 saturated heterocycles. The quantitative estimate of drug-likeness (QED) is 0.766. The van der Waals surface area contributed by atoms with Gasteiger partial charge in [-0.05, 0) is 36.8 Å². The van der Waals surface area contributed by atoms with Crippen LogP contribution in [0.2, 0.25) is 0 Å². The van der Waals surface area contributed by atoms with Crippen LogP contribution in [0.1, 0.15) is 50.5 Å². The number of hydrogen-bond donors (Lipinski definition) is 2. The van der Waals surface area contributed by atoms with Crippen molar-refractivity contribution in [3.63, 3.8) is 0 Å². The van der Waals surface area contributed by atoms with Gasteiger partial charge in [-0.2, -0.15) is 0 Å². The summed E-state index contributed by atoms with van der Waals surface area (Å²) in [5.41, 5.74) is 7.42. The van der Waals surface area contributed by atoms with Crippen molar-refractivity contribution in [1.82, 2.24) is 10.2 Å². The summed E-state index contributed by atoms with van der Waals surface area (Å²) in [4.78, 5) is 14.9. The molecule has 2 fully saturated rings. The van der Waals surface area contributed by atoms with Crippen molar-refractivity contribution >= 4 is 30.7 Å². The van der Waals surface area contributed by atoms with Crippen LogP contribution in [0.5, 0.6) is 0 Å². The fourth-order valence-electron chi connectivity index (χ4n) is 4.31. The molecule has 1 aromatic carbocycles. The van der Waals surface area contributed by atoms with Crippen LogP contribution in [-0.4, -0.2) is 36.5 Å². The monoisotopic (exact) mass is 401 g/mol. The molecule has 1 saturated carbocycles. The van der Waals surface area contributed by atoms with E-state index >= 15 is 0 Å². The molecule has 1 amide bonds. The predicted octanol–water partition coefficient (Wildman–Crippen LogP) is 3.52. The highest BCUT2D eigenvalue weighted by molar-refractivity contribution is 5.85. The van der Waals surface area contributed by atoms with E-state index in [1.807, 2.05) is 0 Å². The van der Waals surface area contributed by atoms with Crippen LogP contribution < -0.4 is 11.1 Å². The van der Waals surface area contributed by atoms with E-state index in [1.165, 1.54) is 24.8 Å². The van der Waals surface area contributed by atoms with E-state index in [-0.39, 0.29) is 36.1 Å². The predicted molar refractivity (Wildman–Crippen MR) is 112 cm³/mol. The molecule has 0 spiro atoms. The summed E-state index contributed by atoms with van der Waals surface area (Å²) in [5.74, 6) is 0.203. The molecule has 3 N–H and O–H groups in total. The van der Waals surface area contributed by atoms with E-state index in [2.05, 4.69) is 40.5 Å². The Morgan fingerprint density at radius 1 is 1.15 bits per heavy atom. The second-order valence-electron chi connectivity index (χ2n) is 7.72. The van der Waals surface area contributed by atoms with Gasteiger partial charge >= 0.3 is 0 Å². The lowest BCUT2D eigenvalue weighted by Crippen LogP contribution is -2.42. The Morgan fingerprint density at radius 3 is 2.50 bits per heavy atom. The molecule has 1 aliphatic heterocycles. The average Bonchev–Trinajstić information content (AvgIpc) is 3.03. The Bertz CT molecular complexity index is 535. The highest BCUT2D eigenvalue weighted by Gasteiger charge is 2.34. The molecule has 0 aromatic heterocycles. The molecule has 3 rings (SSSR count). The molecule has 1 atom stereocenters. The molecule has 148 valence electrons. The van der Waals surface area contributed by atoms with Gasteiger partial charge in [0.05, 0.1) is 0 Å². The smallest absolute Gasteiger partial charge is 0.220 e. The van der Waals surface area contributed by atoms with Gasteiger partial charge in [0.25, 0.3) is 0 Å². The summed E-state index contributed by atoms with van der Waals surface area (Å²) >= 11 is 0. The second kappa shape index (κ2) is 11.1. The minimum absolute atomic E-state index is 0. The molecule has 1 unspecified atom stereocenters. The lowest BCUT2D eigenvalue weighted by atomic mass is 9.71. The van der Waals surface area contributed by atoms with Crippen molar-refractivity contribution in [1.29, 1.82) is 0 Å². The molecule has 2 aliphatic rings. The maximum absolute atomic E-state index is 12.5. The Hall–Kier alpha value is -0.810. The number of halogens is 2. The van der Waals surface area contributed by atoms with Gasteiger partial charge in [-0.1, -0.05) is 49.6 Å². The van der Waals surface area contributed by atoms with E-state index in [9.17, 15) is 4.79 Å². The van der Waals surface area contributed by atoms with E-state index in [4.69, 9.17) is 5.73 Å². The Labute approximate surface area is 170 Å². The second-order valence-corrected chi connectivity index (χ2v) is 7.72. The minimum Gasteiger partial charge on any atom is -0.352 e. The first-order valence-corrected chi connectivity index (χ1v) is 9.45. The van der Waals surface area contributed by atoms with E-state index < -0.39 is 0 Å². The summed E-state index contributed by atoms with van der Waals surface area (Å²) < 4.78 is 0. The van der Waals surface area contributed by atoms with Crippen molar-refractivity contribution in [2.75, 3.05) is 19.6 Å². The minimum atomic E-state index is 0. The van der Waals surface area contributed by atoms with Gasteiger partial charge in [0.1, 0.15) is 0 Å². The third-order valence-electron chi connectivity index (χ3n) is 5.77. The molecule has 1 aliphatic carbocycles. The number of carbonyl (C=O) groups is 1. The molecular formula is C20H33Cl2N3O. The van der Waals surface area contributed by atoms with Crippen molar-refractivity contribution in [3.05, 3.63) is 35.9 Å². The lowest BCUT2D eigenvalue weighted by molar-refractivity contribution is -0.124. The van der Waals surface area contributed by atoms with Crippen LogP contribution in [0, 0.1) is 5.41 Å². The molecule has 4 nitrogen and oxygen atoms in total. The van der Waals surface area contributed by atoms with Crippen LogP contribution in [0.25, 0.3) is 0 Å². The standard InChI is InChI=1S/C20H31N3O.2ClH/c21-16-20(10-5-2-6-11-20)13-19(24)22-18-9-12-23(15-18)14-17-7-3-1-4-8-17;;/h1,3-4,7-8,18H,2,5-6,9-16,21H2,(H,22,24);2*1H. The number of likely N-dealkylation sites (tertiary alicyclic amines) is 1. The average molecular weight is 402 g/mol. The number of hydrogen-bond acceptors (Lipinski definition) is 3. The van der Waals surface area contributed by atoms with Crippen molar-refractivity contribution in [3.8, 4) is 0 Å². The Balaban J connectivity index is 0.00000169. The first-order valence-electron chi connectivity index (χ1n) is 9.45. The van der Waals surface area contributed by atoms with Crippen LogP contribution in [0.4, 0.5) is 0 Å². The van der Waals surface area contributed by atoms with Gasteiger partial charge in [0.2, 0.25) is 5.91 Å². The zero-order valence-electron chi connectivity index (χ0n) is 15.5. The SMILES string of the molecule is Cl.Cl.NCC1(CC(=O)NC2CCN(Cc3ccccc3)C2)CCCCC1. The largest absolute Gasteiger partial charge is 0.352 e. The zero-order valence-corrected chi connectivity index (χ0v) is 17.1. The maximum atomic E-state index is 12.5. The molecule has 1 aromatic rings. The normalized spacial score (nSPS) is 22.1. The summed E-state index contributed by atoms with van der Waals surface area (Å²) in [6, 6.07) is 10.8. The van der Waals surface area contributed by atoms with Crippen LogP contribution in [0.3, 0.4) is 0 Å². The first-order chi connectivity index (χ1) is 11.7. The van der Waals surface area contributed by atoms with Crippen molar-refractivity contribution in [2.45, 2.75) is 57.5 Å². The Kier molecular flexibility index (Phi) is 9.94. The van der Waals surface area contributed by atoms with Gasteiger partial charge in [0.15, 0.2) is 0 Å². The van der Waals surface area contributed by atoms with E-state index in [1.54, 1.807) is 0 Å². The molecule has 6 heteroatoms. The van der Waals surface area contributed by atoms with Crippen LogP contribution >= 0.6 is 24.8 Å². The highest BCUT2D eigenvalue weighted by Crippen LogP contribution is 2.38. The lowest BCUT2D eigenvalue weighted by Gasteiger charge is -2.36. The number of nitrogens with one attached hydrogen (secondary N) is 1. The number of rotatable bonds is 6. The highest BCUT2D eigenvalue weighted by atomic mass is 35.5. The number of nitrogens with two attached hydrogens (primary N) is 1. The summed E-state index contributed by atoms with van der Waals surface area (Å²) in [5, 5.41) is 3.26. The zero-order chi connectivity index (χ0) is 16.8. The summed E-state index contributed by atoms with van der Waals surface area (Å²) in [6.07, 6.45) is 7.62.